The molecule has 14 heteroatoms. The number of hydrogen-bond acceptors (Lipinski definition) is 12. The maximum Gasteiger partial charge on any atom is 0.475 e. The van der Waals surface area contributed by atoms with Gasteiger partial charge in [0.1, 0.15) is 36.2 Å². The zero-order valence-electron chi connectivity index (χ0n) is 19.1. The van der Waals surface area contributed by atoms with E-state index in [1.807, 2.05) is 6.07 Å². The van der Waals surface area contributed by atoms with E-state index in [2.05, 4.69) is 10.1 Å². The van der Waals surface area contributed by atoms with E-state index < -0.39 is 37.2 Å². The normalized spacial score (nSPS) is 32.3. The van der Waals surface area contributed by atoms with Crippen molar-refractivity contribution in [1.82, 2.24) is 14.6 Å². The first kappa shape index (κ1) is 22.7. The van der Waals surface area contributed by atoms with Crippen LogP contribution in [-0.4, -0.2) is 62.1 Å². The molecule has 3 N–H and O–H groups in total. The van der Waals surface area contributed by atoms with Crippen LogP contribution < -0.4 is 5.73 Å². The molecular weight excluding hydrogens is 473 g/mol. The average Bonchev–Trinajstić information content (AvgIpc) is 3.26. The van der Waals surface area contributed by atoms with Gasteiger partial charge in [0.25, 0.3) is 0 Å². The fourth-order valence-electron chi connectivity index (χ4n) is 3.49. The molecule has 2 fully saturated rings. The van der Waals surface area contributed by atoms with Crippen LogP contribution in [0.15, 0.2) is 18.4 Å². The highest BCUT2D eigenvalue weighted by Crippen LogP contribution is 2.58. The number of anilines is 1. The van der Waals surface area contributed by atoms with Crippen LogP contribution in [0.5, 0.6) is 0 Å². The third-order valence-electron chi connectivity index (χ3n) is 5.20. The van der Waals surface area contributed by atoms with E-state index in [9.17, 15) is 19.7 Å². The van der Waals surface area contributed by atoms with Crippen molar-refractivity contribution in [3.05, 3.63) is 24.1 Å². The molecule has 178 valence electrons. The Labute approximate surface area is 195 Å². The molecule has 4 rings (SSSR count). The lowest BCUT2D eigenvalue weighted by molar-refractivity contribution is -0.117. The zero-order valence-corrected chi connectivity index (χ0v) is 19.8. The summed E-state index contributed by atoms with van der Waals surface area (Å²) in [6.45, 7) is 5.01. The largest absolute Gasteiger partial charge is 0.475 e. The Kier molecular flexibility index (Phi) is 5.95. The van der Waals surface area contributed by atoms with Crippen LogP contribution in [-0.2, 0) is 33.3 Å². The van der Waals surface area contributed by atoms with Gasteiger partial charge in [0.2, 0.25) is 5.60 Å². The van der Waals surface area contributed by atoms with Gasteiger partial charge >= 0.3 is 7.82 Å². The van der Waals surface area contributed by atoms with E-state index in [1.165, 1.54) is 10.6 Å². The molecule has 0 aromatic carbocycles. The molecule has 0 saturated carbocycles. The third-order valence-corrected chi connectivity index (χ3v) is 7.91. The standard InChI is InChI=1S/C19H24N5O7PS/c1-18(2,3)17(26)33-7-6-28-32(27)29-8-12-14(31-32)15(25)19(9-20,30-12)13-5-4-11-16(21)22-10-23-24(11)13/h4-5,10,12,14-15,25H,6-8H2,1-3H3,(H2,21,22,23)/t12-,14-,15-,19+,32-/m1/s1/i4D. The second-order valence-corrected chi connectivity index (χ2v) is 11.2. The van der Waals surface area contributed by atoms with E-state index in [4.69, 9.17) is 25.4 Å². The van der Waals surface area contributed by atoms with Crippen LogP contribution in [0.1, 0.15) is 27.8 Å². The molecule has 2 aliphatic rings. The Morgan fingerprint density at radius 3 is 3.06 bits per heavy atom. The van der Waals surface area contributed by atoms with Crippen molar-refractivity contribution in [2.24, 2.45) is 5.41 Å². The lowest BCUT2D eigenvalue weighted by Crippen LogP contribution is -2.43. The van der Waals surface area contributed by atoms with Gasteiger partial charge in [0, 0.05) is 11.2 Å². The summed E-state index contributed by atoms with van der Waals surface area (Å²) in [5.41, 5.74) is 3.50. The summed E-state index contributed by atoms with van der Waals surface area (Å²) in [6.07, 6.45) is -2.64. The number of aliphatic hydroxyl groups excluding tert-OH is 1. The lowest BCUT2D eigenvalue weighted by atomic mass is 9.92. The first-order chi connectivity index (χ1) is 15.9. The number of carbonyl (C=O) groups excluding carboxylic acids is 1. The van der Waals surface area contributed by atoms with Gasteiger partial charge in [-0.1, -0.05) is 32.5 Å². The highest BCUT2D eigenvalue weighted by atomic mass is 32.2. The van der Waals surface area contributed by atoms with Gasteiger partial charge < -0.3 is 15.6 Å². The molecule has 2 aliphatic heterocycles. The van der Waals surface area contributed by atoms with Gasteiger partial charge in [-0.25, -0.2) is 14.1 Å². The van der Waals surface area contributed by atoms with Crippen molar-refractivity contribution >= 4 is 36.0 Å². The fourth-order valence-corrected chi connectivity index (χ4v) is 5.78. The van der Waals surface area contributed by atoms with Crippen molar-refractivity contribution < 1.29 is 34.1 Å². The molecule has 2 aromatic heterocycles. The number of fused-ring (bicyclic) bond motifs is 2. The summed E-state index contributed by atoms with van der Waals surface area (Å²) >= 11 is 1.04. The highest BCUT2D eigenvalue weighted by molar-refractivity contribution is 8.13. The number of hydrogen-bond donors (Lipinski definition) is 2. The maximum absolute atomic E-state index is 13.0. The number of nitrogens with two attached hydrogens (primary N) is 1. The SMILES string of the molecule is [2H]c1cc([C@]2(C#N)O[C@@H]3CO[P@@](=O)(OCCSC(=O)C(C)(C)C)O[C@H]3[C@H]2O)n2ncnc(N)c12. The summed E-state index contributed by atoms with van der Waals surface area (Å²) in [5, 5.41) is 25.1. The van der Waals surface area contributed by atoms with E-state index in [-0.39, 0.29) is 47.2 Å². The number of nitriles is 1. The van der Waals surface area contributed by atoms with Gasteiger partial charge in [0.15, 0.2) is 10.9 Å². The molecule has 0 bridgehead atoms. The van der Waals surface area contributed by atoms with E-state index in [1.54, 1.807) is 20.8 Å². The molecule has 0 radical (unpaired) electrons. The topological polar surface area (TPSA) is 171 Å². The van der Waals surface area contributed by atoms with Crippen molar-refractivity contribution in [2.45, 2.75) is 44.7 Å². The summed E-state index contributed by atoms with van der Waals surface area (Å²) < 4.78 is 44.3. The number of carbonyl (C=O) groups is 1. The van der Waals surface area contributed by atoms with Crippen LogP contribution in [0.4, 0.5) is 5.82 Å². The summed E-state index contributed by atoms with van der Waals surface area (Å²) in [4.78, 5) is 15.9. The molecule has 2 saturated heterocycles. The number of phosphoric ester groups is 1. The number of rotatable bonds is 5. The van der Waals surface area contributed by atoms with Crippen molar-refractivity contribution in [3.8, 4) is 6.07 Å². The molecule has 2 aromatic rings. The van der Waals surface area contributed by atoms with Gasteiger partial charge in [-0.15, -0.1) is 0 Å². The minimum Gasteiger partial charge on any atom is -0.386 e. The highest BCUT2D eigenvalue weighted by Gasteiger charge is 2.62. The number of nitrogen functional groups attached to an aromatic ring is 1. The van der Waals surface area contributed by atoms with Crippen LogP contribution in [0.25, 0.3) is 5.52 Å². The Morgan fingerprint density at radius 1 is 1.61 bits per heavy atom. The van der Waals surface area contributed by atoms with Gasteiger partial charge in [0.05, 0.1) is 20.3 Å². The monoisotopic (exact) mass is 498 g/mol. The third kappa shape index (κ3) is 4.28. The van der Waals surface area contributed by atoms with Crippen molar-refractivity contribution in [3.63, 3.8) is 0 Å². The maximum atomic E-state index is 13.0. The van der Waals surface area contributed by atoms with Crippen molar-refractivity contribution in [1.29, 1.82) is 5.26 Å². The second kappa shape index (κ2) is 8.63. The minimum absolute atomic E-state index is 0.0181. The predicted octanol–water partition coefficient (Wildman–Crippen LogP) is 1.64. The lowest BCUT2D eigenvalue weighted by Gasteiger charge is -2.30. The van der Waals surface area contributed by atoms with Gasteiger partial charge in [-0.2, -0.15) is 10.4 Å². The first-order valence-corrected chi connectivity index (χ1v) is 12.5. The van der Waals surface area contributed by atoms with Gasteiger partial charge in [-0.05, 0) is 12.1 Å². The molecule has 5 atom stereocenters. The summed E-state index contributed by atoms with van der Waals surface area (Å²) in [6, 6.07) is 3.17. The average molecular weight is 498 g/mol. The molecule has 33 heavy (non-hydrogen) atoms. The summed E-state index contributed by atoms with van der Waals surface area (Å²) in [5.74, 6) is 0.246. The van der Waals surface area contributed by atoms with Crippen molar-refractivity contribution in [2.75, 3.05) is 24.7 Å². The van der Waals surface area contributed by atoms with E-state index >= 15 is 0 Å². The molecule has 0 amide bonds. The van der Waals surface area contributed by atoms with E-state index in [0.717, 1.165) is 18.1 Å². The van der Waals surface area contributed by atoms with Gasteiger partial charge in [-0.3, -0.25) is 18.4 Å². The fraction of sp³-hybridized carbons (Fsp3) is 0.579. The van der Waals surface area contributed by atoms with E-state index in [0.29, 0.717) is 0 Å². The Morgan fingerprint density at radius 2 is 2.36 bits per heavy atom. The quantitative estimate of drug-likeness (QED) is 0.452. The number of nitrogens with zero attached hydrogens (tertiary/aromatic N) is 4. The Bertz CT molecular complexity index is 1210. The van der Waals surface area contributed by atoms with Crippen LogP contribution in [0.3, 0.4) is 0 Å². The molecule has 12 nitrogen and oxygen atoms in total. The minimum atomic E-state index is -4.09. The molecule has 0 spiro atoms. The summed E-state index contributed by atoms with van der Waals surface area (Å²) in [7, 11) is -4.09. The smallest absolute Gasteiger partial charge is 0.386 e. The molecular formula is C19H24N5O7PS. The second-order valence-electron chi connectivity index (χ2n) is 8.56. The number of phosphoric acid groups is 1. The zero-order chi connectivity index (χ0) is 24.9. The Balaban J connectivity index is 1.52. The molecule has 0 aliphatic carbocycles. The van der Waals surface area contributed by atoms with Crippen LogP contribution in [0.2, 0.25) is 0 Å². The number of thioether (sulfide) groups is 1. The number of aliphatic hydroxyl groups is 1. The number of ether oxygens (including phenoxy) is 1. The Hall–Kier alpha value is -2.04. The predicted molar refractivity (Wildman–Crippen MR) is 117 cm³/mol. The first-order valence-electron chi connectivity index (χ1n) is 10.5. The van der Waals surface area contributed by atoms with Crippen LogP contribution in [0, 0.1) is 16.7 Å². The van der Waals surface area contributed by atoms with Crippen LogP contribution >= 0.6 is 19.6 Å². The number of aromatic nitrogens is 3. The molecule has 0 unspecified atom stereocenters. The molecule has 4 heterocycles.